The Balaban J connectivity index is 1.92. The predicted octanol–water partition coefficient (Wildman–Crippen LogP) is 2.98. The van der Waals surface area contributed by atoms with Crippen molar-refractivity contribution < 1.29 is 9.90 Å². The molecule has 0 saturated carbocycles. The van der Waals surface area contributed by atoms with Crippen LogP contribution in [-0.4, -0.2) is 11.1 Å². The third-order valence-electron chi connectivity index (χ3n) is 2.91. The lowest BCUT2D eigenvalue weighted by molar-refractivity contribution is 0.0696. The molecule has 0 saturated heterocycles. The summed E-state index contributed by atoms with van der Waals surface area (Å²) in [6.07, 6.45) is 0. The molecule has 0 aliphatic carbocycles. The molecule has 2 N–H and O–H groups in total. The van der Waals surface area contributed by atoms with Gasteiger partial charge in [0, 0.05) is 13.1 Å². The second-order valence-electron chi connectivity index (χ2n) is 4.60. The molecule has 0 radical (unpaired) electrons. The van der Waals surface area contributed by atoms with Gasteiger partial charge in [-0.1, -0.05) is 42.0 Å². The zero-order valence-corrected chi connectivity index (χ0v) is 10.9. The van der Waals surface area contributed by atoms with E-state index in [1.807, 2.05) is 12.1 Å². The topological polar surface area (TPSA) is 49.3 Å². The first-order chi connectivity index (χ1) is 9.15. The second-order valence-corrected chi connectivity index (χ2v) is 4.60. The van der Waals surface area contributed by atoms with Crippen LogP contribution in [0.5, 0.6) is 0 Å². The molecule has 0 aliphatic heterocycles. The molecule has 0 spiro atoms. The van der Waals surface area contributed by atoms with Gasteiger partial charge in [-0.2, -0.15) is 0 Å². The highest BCUT2D eigenvalue weighted by Gasteiger charge is 2.02. The minimum Gasteiger partial charge on any atom is -0.478 e. The summed E-state index contributed by atoms with van der Waals surface area (Å²) in [5, 5.41) is 12.2. The smallest absolute Gasteiger partial charge is 0.335 e. The van der Waals surface area contributed by atoms with E-state index in [4.69, 9.17) is 5.11 Å². The molecule has 2 aromatic carbocycles. The lowest BCUT2D eigenvalue weighted by atomic mass is 10.1. The summed E-state index contributed by atoms with van der Waals surface area (Å²) in [7, 11) is 0. The van der Waals surface area contributed by atoms with Crippen LogP contribution in [0.1, 0.15) is 27.0 Å². The molecule has 0 amide bonds. The molecular formula is C16H17NO2. The molecule has 19 heavy (non-hydrogen) atoms. The van der Waals surface area contributed by atoms with Crippen molar-refractivity contribution in [2.24, 2.45) is 0 Å². The van der Waals surface area contributed by atoms with E-state index in [1.54, 1.807) is 18.2 Å². The number of aryl methyl sites for hydroxylation is 1. The van der Waals surface area contributed by atoms with E-state index < -0.39 is 5.97 Å². The molecule has 0 aliphatic rings. The third kappa shape index (κ3) is 3.93. The lowest BCUT2D eigenvalue weighted by Crippen LogP contribution is -2.13. The first-order valence-corrected chi connectivity index (χ1v) is 6.23. The van der Waals surface area contributed by atoms with Gasteiger partial charge in [0.1, 0.15) is 0 Å². The maximum absolute atomic E-state index is 10.9. The predicted molar refractivity (Wildman–Crippen MR) is 75.1 cm³/mol. The highest BCUT2D eigenvalue weighted by Crippen LogP contribution is 2.07. The van der Waals surface area contributed by atoms with Crippen molar-refractivity contribution in [2.45, 2.75) is 20.0 Å². The van der Waals surface area contributed by atoms with Crippen LogP contribution in [0, 0.1) is 6.92 Å². The summed E-state index contributed by atoms with van der Waals surface area (Å²) in [6.45, 7) is 3.51. The molecule has 0 unspecified atom stereocenters. The van der Waals surface area contributed by atoms with E-state index in [0.29, 0.717) is 12.1 Å². The lowest BCUT2D eigenvalue weighted by Gasteiger charge is -2.06. The number of carbonyl (C=O) groups is 1. The minimum absolute atomic E-state index is 0.329. The molecule has 2 aromatic rings. The van der Waals surface area contributed by atoms with Gasteiger partial charge in [-0.25, -0.2) is 4.79 Å². The number of carboxylic acid groups (broad SMARTS) is 1. The summed E-state index contributed by atoms with van der Waals surface area (Å²) in [6, 6.07) is 15.3. The largest absolute Gasteiger partial charge is 0.478 e. The Labute approximate surface area is 112 Å². The van der Waals surface area contributed by atoms with Crippen LogP contribution in [0.3, 0.4) is 0 Å². The zero-order chi connectivity index (χ0) is 13.7. The van der Waals surface area contributed by atoms with Crippen LogP contribution >= 0.6 is 0 Å². The zero-order valence-electron chi connectivity index (χ0n) is 10.9. The Hall–Kier alpha value is -2.13. The van der Waals surface area contributed by atoms with Gasteiger partial charge >= 0.3 is 5.97 Å². The third-order valence-corrected chi connectivity index (χ3v) is 2.91. The number of hydrogen-bond acceptors (Lipinski definition) is 2. The maximum atomic E-state index is 10.9. The first kappa shape index (κ1) is 13.3. The molecule has 0 atom stereocenters. The Morgan fingerprint density at radius 1 is 1.05 bits per heavy atom. The number of hydrogen-bond donors (Lipinski definition) is 2. The van der Waals surface area contributed by atoms with Gasteiger partial charge in [0.2, 0.25) is 0 Å². The van der Waals surface area contributed by atoms with E-state index in [2.05, 4.69) is 30.4 Å². The molecule has 0 fully saturated rings. The number of benzene rings is 2. The molecule has 3 heteroatoms. The number of nitrogens with one attached hydrogen (secondary N) is 1. The fourth-order valence-corrected chi connectivity index (χ4v) is 1.99. The maximum Gasteiger partial charge on any atom is 0.335 e. The number of rotatable bonds is 5. The fraction of sp³-hybridized carbons (Fsp3) is 0.188. The quantitative estimate of drug-likeness (QED) is 0.863. The Kier molecular flexibility index (Phi) is 4.31. The summed E-state index contributed by atoms with van der Waals surface area (Å²) in [5.74, 6) is -0.888. The molecule has 0 heterocycles. The average Bonchev–Trinajstić information content (AvgIpc) is 2.39. The van der Waals surface area contributed by atoms with Crippen molar-refractivity contribution in [1.29, 1.82) is 0 Å². The Morgan fingerprint density at radius 2 is 1.68 bits per heavy atom. The molecule has 98 valence electrons. The van der Waals surface area contributed by atoms with Crippen molar-refractivity contribution in [3.05, 3.63) is 70.8 Å². The van der Waals surface area contributed by atoms with Gasteiger partial charge in [0.05, 0.1) is 5.56 Å². The molecule has 0 bridgehead atoms. The van der Waals surface area contributed by atoms with Crippen LogP contribution in [0.2, 0.25) is 0 Å². The average molecular weight is 255 g/mol. The highest BCUT2D eigenvalue weighted by molar-refractivity contribution is 5.87. The fourth-order valence-electron chi connectivity index (χ4n) is 1.99. The van der Waals surface area contributed by atoms with Gasteiger partial charge in [0.25, 0.3) is 0 Å². The number of carboxylic acids is 1. The Bertz CT molecular complexity index is 578. The van der Waals surface area contributed by atoms with E-state index in [1.165, 1.54) is 11.1 Å². The molecular weight excluding hydrogens is 238 g/mol. The molecule has 2 rings (SSSR count). The van der Waals surface area contributed by atoms with Crippen LogP contribution in [0.25, 0.3) is 0 Å². The standard InChI is InChI=1S/C16H17NO2/c1-12-4-2-5-13(8-12)10-17-11-14-6-3-7-15(9-14)16(18)19/h2-9,17H,10-11H2,1H3,(H,18,19). The van der Waals surface area contributed by atoms with Gasteiger partial charge in [-0.05, 0) is 30.2 Å². The number of aromatic carboxylic acids is 1. The van der Waals surface area contributed by atoms with Crippen LogP contribution in [0.4, 0.5) is 0 Å². The summed E-state index contributed by atoms with van der Waals surface area (Å²) in [4.78, 5) is 10.9. The molecule has 0 aromatic heterocycles. The minimum atomic E-state index is -0.888. The van der Waals surface area contributed by atoms with E-state index >= 15 is 0 Å². The highest BCUT2D eigenvalue weighted by atomic mass is 16.4. The van der Waals surface area contributed by atoms with Crippen LogP contribution in [0.15, 0.2) is 48.5 Å². The van der Waals surface area contributed by atoms with Crippen molar-refractivity contribution in [2.75, 3.05) is 0 Å². The summed E-state index contributed by atoms with van der Waals surface area (Å²) in [5.41, 5.74) is 3.78. The first-order valence-electron chi connectivity index (χ1n) is 6.23. The van der Waals surface area contributed by atoms with Crippen molar-refractivity contribution in [1.82, 2.24) is 5.32 Å². The van der Waals surface area contributed by atoms with Crippen molar-refractivity contribution in [3.8, 4) is 0 Å². The normalized spacial score (nSPS) is 10.4. The van der Waals surface area contributed by atoms with Gasteiger partial charge in [-0.15, -0.1) is 0 Å². The van der Waals surface area contributed by atoms with Gasteiger partial charge < -0.3 is 10.4 Å². The Morgan fingerprint density at radius 3 is 2.32 bits per heavy atom. The van der Waals surface area contributed by atoms with Gasteiger partial charge in [0.15, 0.2) is 0 Å². The van der Waals surface area contributed by atoms with Crippen LogP contribution in [-0.2, 0) is 13.1 Å². The van der Waals surface area contributed by atoms with Crippen LogP contribution < -0.4 is 5.32 Å². The SMILES string of the molecule is Cc1cccc(CNCc2cccc(C(=O)O)c2)c1. The van der Waals surface area contributed by atoms with Crippen molar-refractivity contribution >= 4 is 5.97 Å². The van der Waals surface area contributed by atoms with E-state index in [9.17, 15) is 4.79 Å². The summed E-state index contributed by atoms with van der Waals surface area (Å²) < 4.78 is 0. The van der Waals surface area contributed by atoms with E-state index in [-0.39, 0.29) is 0 Å². The van der Waals surface area contributed by atoms with Crippen molar-refractivity contribution in [3.63, 3.8) is 0 Å². The van der Waals surface area contributed by atoms with E-state index in [0.717, 1.165) is 12.1 Å². The molecule has 3 nitrogen and oxygen atoms in total. The summed E-state index contributed by atoms with van der Waals surface area (Å²) >= 11 is 0. The van der Waals surface area contributed by atoms with Gasteiger partial charge in [-0.3, -0.25) is 0 Å². The monoisotopic (exact) mass is 255 g/mol. The second kappa shape index (κ2) is 6.16.